The van der Waals surface area contributed by atoms with Crippen molar-refractivity contribution in [3.63, 3.8) is 0 Å². The summed E-state index contributed by atoms with van der Waals surface area (Å²) in [7, 11) is 0. The first-order chi connectivity index (χ1) is 10.9. The molecule has 0 bridgehead atoms. The van der Waals surface area contributed by atoms with Crippen molar-refractivity contribution >= 4 is 0 Å². The smallest absolute Gasteiger partial charge is 0.0701 e. The number of hydrogen-bond acceptors (Lipinski definition) is 4. The summed E-state index contributed by atoms with van der Waals surface area (Å²) in [5.41, 5.74) is 0. The molecule has 4 heteroatoms. The van der Waals surface area contributed by atoms with Crippen molar-refractivity contribution in [2.24, 2.45) is 0 Å². The fraction of sp³-hybridized carbons (Fsp3) is 1.00. The second kappa shape index (κ2) is 15.7. The molecule has 22 heavy (non-hydrogen) atoms. The van der Waals surface area contributed by atoms with Crippen molar-refractivity contribution in [1.82, 2.24) is 4.90 Å². The average Bonchev–Trinajstić information content (AvgIpc) is 2.56. The molecule has 0 saturated carbocycles. The van der Waals surface area contributed by atoms with Crippen LogP contribution in [-0.2, 0) is 14.2 Å². The minimum absolute atomic E-state index is 0.680. The Morgan fingerprint density at radius 1 is 0.636 bits per heavy atom. The first kappa shape index (κ1) is 19.9. The first-order valence-corrected chi connectivity index (χ1v) is 9.39. The molecule has 0 unspecified atom stereocenters. The summed E-state index contributed by atoms with van der Waals surface area (Å²) < 4.78 is 16.7. The van der Waals surface area contributed by atoms with E-state index in [1.165, 1.54) is 64.5 Å². The summed E-state index contributed by atoms with van der Waals surface area (Å²) in [6.07, 6.45) is 10.6. The van der Waals surface area contributed by atoms with Gasteiger partial charge in [-0.05, 0) is 32.4 Å². The summed E-state index contributed by atoms with van der Waals surface area (Å²) in [5.74, 6) is 0. The molecule has 0 amide bonds. The molecule has 0 spiro atoms. The van der Waals surface area contributed by atoms with Crippen LogP contribution in [0.3, 0.4) is 0 Å². The molecule has 0 aromatic rings. The maximum Gasteiger partial charge on any atom is 0.0701 e. The molecule has 1 saturated heterocycles. The molecule has 1 aliphatic rings. The number of hydrogen-bond donors (Lipinski definition) is 0. The van der Waals surface area contributed by atoms with Gasteiger partial charge in [-0.3, -0.25) is 0 Å². The van der Waals surface area contributed by atoms with E-state index >= 15 is 0 Å². The quantitative estimate of drug-likeness (QED) is 0.433. The summed E-state index contributed by atoms with van der Waals surface area (Å²) >= 11 is 0. The lowest BCUT2D eigenvalue weighted by atomic mass is 10.1. The Morgan fingerprint density at radius 3 is 1.91 bits per heavy atom. The second-order valence-electron chi connectivity index (χ2n) is 6.15. The van der Waals surface area contributed by atoms with Gasteiger partial charge in [0.2, 0.25) is 0 Å². The van der Waals surface area contributed by atoms with Crippen LogP contribution in [0.25, 0.3) is 0 Å². The van der Waals surface area contributed by atoms with E-state index in [0.29, 0.717) is 26.4 Å². The maximum absolute atomic E-state index is 5.61. The van der Waals surface area contributed by atoms with Gasteiger partial charge in [0.05, 0.1) is 33.0 Å². The molecule has 0 N–H and O–H groups in total. The van der Waals surface area contributed by atoms with Crippen molar-refractivity contribution < 1.29 is 14.2 Å². The van der Waals surface area contributed by atoms with Gasteiger partial charge < -0.3 is 19.1 Å². The highest BCUT2D eigenvalue weighted by molar-refractivity contribution is 4.63. The zero-order valence-corrected chi connectivity index (χ0v) is 14.7. The molecule has 4 nitrogen and oxygen atoms in total. The Bertz CT molecular complexity index is 220. The number of ether oxygens (including phenoxy) is 3. The lowest BCUT2D eigenvalue weighted by molar-refractivity contribution is 0.00922. The third-order valence-corrected chi connectivity index (χ3v) is 4.14. The fourth-order valence-electron chi connectivity index (χ4n) is 2.73. The van der Waals surface area contributed by atoms with E-state index < -0.39 is 0 Å². The van der Waals surface area contributed by atoms with Crippen LogP contribution < -0.4 is 0 Å². The Hall–Kier alpha value is -0.160. The first-order valence-electron chi connectivity index (χ1n) is 9.39. The summed E-state index contributed by atoms with van der Waals surface area (Å²) in [6, 6.07) is 0. The lowest BCUT2D eigenvalue weighted by Gasteiger charge is -2.26. The molecule has 1 heterocycles. The number of unbranched alkanes of at least 4 members (excludes halogenated alkanes) is 4. The standard InChI is InChI=1S/C18H37NO3/c1-2-3-4-5-9-13-20-15-17-22-18-16-21-14-12-19-10-7-6-8-11-19/h2-18H2,1H3. The Labute approximate surface area is 137 Å². The molecule has 1 aliphatic heterocycles. The maximum atomic E-state index is 5.61. The average molecular weight is 315 g/mol. The SMILES string of the molecule is CCCCCCCOCCOCCOCCN1CCCCC1. The third kappa shape index (κ3) is 12.4. The van der Waals surface area contributed by atoms with Gasteiger partial charge in [-0.15, -0.1) is 0 Å². The second-order valence-corrected chi connectivity index (χ2v) is 6.15. The minimum atomic E-state index is 0.680. The van der Waals surface area contributed by atoms with Crippen molar-refractivity contribution in [2.45, 2.75) is 58.3 Å². The van der Waals surface area contributed by atoms with Crippen LogP contribution in [0.1, 0.15) is 58.3 Å². The van der Waals surface area contributed by atoms with Crippen LogP contribution in [0.5, 0.6) is 0 Å². The van der Waals surface area contributed by atoms with Gasteiger partial charge in [-0.2, -0.15) is 0 Å². The number of likely N-dealkylation sites (tertiary alicyclic amines) is 1. The van der Waals surface area contributed by atoms with Crippen LogP contribution in [0, 0.1) is 0 Å². The minimum Gasteiger partial charge on any atom is -0.379 e. The molecule has 0 aliphatic carbocycles. The summed E-state index contributed by atoms with van der Waals surface area (Å²) in [6.45, 7) is 10.3. The summed E-state index contributed by atoms with van der Waals surface area (Å²) in [4.78, 5) is 2.50. The van der Waals surface area contributed by atoms with Crippen LogP contribution in [0.4, 0.5) is 0 Å². The van der Waals surface area contributed by atoms with Crippen LogP contribution in [-0.4, -0.2) is 64.2 Å². The topological polar surface area (TPSA) is 30.9 Å². The van der Waals surface area contributed by atoms with E-state index in [-0.39, 0.29) is 0 Å². The molecule has 0 atom stereocenters. The zero-order chi connectivity index (χ0) is 15.7. The van der Waals surface area contributed by atoms with E-state index in [0.717, 1.165) is 19.8 Å². The predicted molar refractivity (Wildman–Crippen MR) is 91.5 cm³/mol. The monoisotopic (exact) mass is 315 g/mol. The largest absolute Gasteiger partial charge is 0.379 e. The Kier molecular flexibility index (Phi) is 14.2. The van der Waals surface area contributed by atoms with Gasteiger partial charge in [0.1, 0.15) is 0 Å². The van der Waals surface area contributed by atoms with Gasteiger partial charge >= 0.3 is 0 Å². The number of nitrogens with zero attached hydrogens (tertiary/aromatic N) is 1. The van der Waals surface area contributed by atoms with Crippen molar-refractivity contribution in [3.05, 3.63) is 0 Å². The molecule has 1 rings (SSSR count). The highest BCUT2D eigenvalue weighted by atomic mass is 16.5. The van der Waals surface area contributed by atoms with E-state index in [4.69, 9.17) is 14.2 Å². The Morgan fingerprint density at radius 2 is 1.23 bits per heavy atom. The molecule has 0 radical (unpaired) electrons. The molecular weight excluding hydrogens is 278 g/mol. The molecule has 0 aromatic carbocycles. The number of rotatable bonds is 15. The van der Waals surface area contributed by atoms with Gasteiger partial charge in [-0.1, -0.05) is 39.0 Å². The van der Waals surface area contributed by atoms with E-state index in [9.17, 15) is 0 Å². The van der Waals surface area contributed by atoms with Crippen LogP contribution in [0.2, 0.25) is 0 Å². The highest BCUT2D eigenvalue weighted by Gasteiger charge is 2.08. The fourth-order valence-corrected chi connectivity index (χ4v) is 2.73. The normalized spacial score (nSPS) is 16.2. The van der Waals surface area contributed by atoms with Gasteiger partial charge in [-0.25, -0.2) is 0 Å². The molecule has 0 aromatic heterocycles. The predicted octanol–water partition coefficient (Wildman–Crippen LogP) is 3.49. The Balaban J connectivity index is 1.68. The summed E-state index contributed by atoms with van der Waals surface area (Å²) in [5, 5.41) is 0. The van der Waals surface area contributed by atoms with E-state index in [2.05, 4.69) is 11.8 Å². The van der Waals surface area contributed by atoms with Crippen molar-refractivity contribution in [3.8, 4) is 0 Å². The zero-order valence-electron chi connectivity index (χ0n) is 14.7. The highest BCUT2D eigenvalue weighted by Crippen LogP contribution is 2.07. The molecule has 132 valence electrons. The van der Waals surface area contributed by atoms with Gasteiger partial charge in [0, 0.05) is 13.2 Å². The third-order valence-electron chi connectivity index (χ3n) is 4.14. The van der Waals surface area contributed by atoms with Gasteiger partial charge in [0.25, 0.3) is 0 Å². The van der Waals surface area contributed by atoms with E-state index in [1.54, 1.807) is 0 Å². The van der Waals surface area contributed by atoms with E-state index in [1.807, 2.05) is 0 Å². The van der Waals surface area contributed by atoms with Gasteiger partial charge in [0.15, 0.2) is 0 Å². The molecule has 1 fully saturated rings. The van der Waals surface area contributed by atoms with Crippen LogP contribution in [0.15, 0.2) is 0 Å². The van der Waals surface area contributed by atoms with Crippen LogP contribution >= 0.6 is 0 Å². The lowest BCUT2D eigenvalue weighted by Crippen LogP contribution is -2.32. The van der Waals surface area contributed by atoms with Crippen molar-refractivity contribution in [2.75, 3.05) is 59.3 Å². The molecular formula is C18H37NO3. The number of piperidine rings is 1. The van der Waals surface area contributed by atoms with Crippen molar-refractivity contribution in [1.29, 1.82) is 0 Å².